The van der Waals surface area contributed by atoms with Crippen molar-refractivity contribution in [3.05, 3.63) is 22.9 Å². The second kappa shape index (κ2) is 3.76. The van der Waals surface area contributed by atoms with E-state index in [0.717, 1.165) is 0 Å². The number of carbonyl (C=O) groups excluding carboxylic acids is 1. The molecule has 7 nitrogen and oxygen atoms in total. The molecular formula is C9H10N4O3. The number of fused-ring (bicyclic) bond motifs is 1. The quantitative estimate of drug-likeness (QED) is 0.628. The van der Waals surface area contributed by atoms with Gasteiger partial charge in [-0.3, -0.25) is 18.8 Å². The maximum Gasteiger partial charge on any atom is 0.325 e. The summed E-state index contributed by atoms with van der Waals surface area (Å²) in [5.41, 5.74) is 0.189. The molecule has 0 aliphatic rings. The third-order valence-corrected chi connectivity index (χ3v) is 2.25. The maximum absolute atomic E-state index is 11.9. The molecule has 0 bridgehead atoms. The Balaban J connectivity index is 2.53. The second-order valence-corrected chi connectivity index (χ2v) is 3.26. The first-order valence-corrected chi connectivity index (χ1v) is 4.57. The lowest BCUT2D eigenvalue weighted by Gasteiger charge is -2.02. The number of ether oxygens (including phenoxy) is 1. The molecule has 84 valence electrons. The Morgan fingerprint density at radius 2 is 2.31 bits per heavy atom. The zero-order valence-corrected chi connectivity index (χ0v) is 8.88. The Morgan fingerprint density at radius 3 is 3.00 bits per heavy atom. The van der Waals surface area contributed by atoms with Crippen LogP contribution in [-0.2, 0) is 23.1 Å². The topological polar surface area (TPSA) is 79.0 Å². The van der Waals surface area contributed by atoms with Gasteiger partial charge < -0.3 is 4.74 Å². The third-order valence-electron chi connectivity index (χ3n) is 2.25. The molecule has 0 spiro atoms. The van der Waals surface area contributed by atoms with Gasteiger partial charge in [-0.15, -0.1) is 0 Å². The van der Waals surface area contributed by atoms with Crippen LogP contribution in [-0.4, -0.2) is 32.4 Å². The number of hydrogen-bond acceptors (Lipinski definition) is 5. The lowest BCUT2D eigenvalue weighted by molar-refractivity contribution is -0.141. The van der Waals surface area contributed by atoms with E-state index >= 15 is 0 Å². The van der Waals surface area contributed by atoms with Gasteiger partial charge in [0.25, 0.3) is 5.56 Å². The van der Waals surface area contributed by atoms with E-state index in [1.165, 1.54) is 28.9 Å². The van der Waals surface area contributed by atoms with Crippen LogP contribution in [0.3, 0.4) is 0 Å². The van der Waals surface area contributed by atoms with Crippen molar-refractivity contribution in [1.29, 1.82) is 0 Å². The summed E-state index contributed by atoms with van der Waals surface area (Å²) >= 11 is 0. The molecule has 0 unspecified atom stereocenters. The average molecular weight is 222 g/mol. The van der Waals surface area contributed by atoms with E-state index in [1.807, 2.05) is 0 Å². The van der Waals surface area contributed by atoms with Gasteiger partial charge in [-0.05, 0) is 0 Å². The van der Waals surface area contributed by atoms with E-state index in [-0.39, 0.29) is 12.1 Å². The fraction of sp³-hybridized carbons (Fsp3) is 0.333. The van der Waals surface area contributed by atoms with Gasteiger partial charge in [0.2, 0.25) is 0 Å². The Labute approximate surface area is 90.3 Å². The van der Waals surface area contributed by atoms with Crippen molar-refractivity contribution in [3.63, 3.8) is 0 Å². The third kappa shape index (κ3) is 1.56. The normalized spacial score (nSPS) is 10.6. The number of aryl methyl sites for hydroxylation is 1. The van der Waals surface area contributed by atoms with Crippen molar-refractivity contribution >= 4 is 17.0 Å². The predicted molar refractivity (Wildman–Crippen MR) is 54.8 cm³/mol. The summed E-state index contributed by atoms with van der Waals surface area (Å²) in [7, 11) is 2.96. The van der Waals surface area contributed by atoms with E-state index in [1.54, 1.807) is 7.05 Å². The number of hydrogen-bond donors (Lipinski definition) is 0. The summed E-state index contributed by atoms with van der Waals surface area (Å²) in [5.74, 6) is -0.493. The molecule has 0 aromatic carbocycles. The fourth-order valence-electron chi connectivity index (χ4n) is 1.38. The van der Waals surface area contributed by atoms with Crippen molar-refractivity contribution in [2.45, 2.75) is 6.54 Å². The maximum atomic E-state index is 11.9. The van der Waals surface area contributed by atoms with Crippen molar-refractivity contribution in [2.24, 2.45) is 7.05 Å². The van der Waals surface area contributed by atoms with Crippen LogP contribution in [0.2, 0.25) is 0 Å². The van der Waals surface area contributed by atoms with Gasteiger partial charge in [-0.2, -0.15) is 5.10 Å². The van der Waals surface area contributed by atoms with Crippen LogP contribution in [0.15, 0.2) is 17.3 Å². The summed E-state index contributed by atoms with van der Waals surface area (Å²) in [6.07, 6.45) is 2.74. The lowest BCUT2D eigenvalue weighted by atomic mass is 10.4. The van der Waals surface area contributed by atoms with Crippen molar-refractivity contribution in [3.8, 4) is 0 Å². The first-order valence-electron chi connectivity index (χ1n) is 4.57. The number of methoxy groups -OCH3 is 1. The monoisotopic (exact) mass is 222 g/mol. The Kier molecular flexibility index (Phi) is 2.43. The van der Waals surface area contributed by atoms with Gasteiger partial charge in [0, 0.05) is 7.05 Å². The minimum absolute atomic E-state index is 0.146. The molecule has 0 radical (unpaired) electrons. The summed E-state index contributed by atoms with van der Waals surface area (Å²) < 4.78 is 7.17. The first-order chi connectivity index (χ1) is 7.63. The Hall–Kier alpha value is -2.18. The highest BCUT2D eigenvalue weighted by atomic mass is 16.5. The molecule has 16 heavy (non-hydrogen) atoms. The molecule has 0 saturated heterocycles. The van der Waals surface area contributed by atoms with Crippen LogP contribution >= 0.6 is 0 Å². The highest BCUT2D eigenvalue weighted by Crippen LogP contribution is 2.02. The molecule has 0 atom stereocenters. The molecule has 0 aliphatic carbocycles. The van der Waals surface area contributed by atoms with E-state index in [4.69, 9.17) is 0 Å². The van der Waals surface area contributed by atoms with E-state index in [9.17, 15) is 9.59 Å². The van der Waals surface area contributed by atoms with Crippen LogP contribution in [0.25, 0.3) is 11.0 Å². The van der Waals surface area contributed by atoms with Gasteiger partial charge >= 0.3 is 5.97 Å². The number of nitrogens with zero attached hydrogens (tertiary/aromatic N) is 4. The molecule has 7 heteroatoms. The summed E-state index contributed by atoms with van der Waals surface area (Å²) in [4.78, 5) is 26.9. The van der Waals surface area contributed by atoms with Gasteiger partial charge in [0.05, 0.1) is 13.3 Å². The predicted octanol–water partition coefficient (Wildman–Crippen LogP) is -0.697. The highest BCUT2D eigenvalue weighted by Gasteiger charge is 2.10. The first kappa shape index (κ1) is 10.3. The molecule has 2 rings (SSSR count). The van der Waals surface area contributed by atoms with Gasteiger partial charge in [0.15, 0.2) is 5.65 Å². The molecule has 2 aromatic heterocycles. The van der Waals surface area contributed by atoms with Gasteiger partial charge in [0.1, 0.15) is 18.3 Å². The zero-order valence-electron chi connectivity index (χ0n) is 8.88. The van der Waals surface area contributed by atoms with Crippen LogP contribution in [0.4, 0.5) is 0 Å². The number of carbonyl (C=O) groups is 1. The van der Waals surface area contributed by atoms with E-state index in [2.05, 4.69) is 14.8 Å². The Morgan fingerprint density at radius 1 is 1.56 bits per heavy atom. The molecule has 0 fully saturated rings. The molecule has 2 aromatic rings. The average Bonchev–Trinajstić information content (AvgIpc) is 2.65. The highest BCUT2D eigenvalue weighted by molar-refractivity contribution is 5.74. The van der Waals surface area contributed by atoms with Crippen LogP contribution in [0.5, 0.6) is 0 Å². The largest absolute Gasteiger partial charge is 0.468 e. The van der Waals surface area contributed by atoms with Crippen LogP contribution < -0.4 is 5.56 Å². The van der Waals surface area contributed by atoms with Gasteiger partial charge in [-0.25, -0.2) is 4.98 Å². The van der Waals surface area contributed by atoms with Crippen LogP contribution in [0, 0.1) is 0 Å². The summed E-state index contributed by atoms with van der Waals surface area (Å²) in [5, 5.41) is 4.30. The molecule has 0 saturated carbocycles. The van der Waals surface area contributed by atoms with Crippen molar-refractivity contribution in [2.75, 3.05) is 7.11 Å². The lowest BCUT2D eigenvalue weighted by Crippen LogP contribution is -2.25. The van der Waals surface area contributed by atoms with Gasteiger partial charge in [-0.1, -0.05) is 0 Å². The smallest absolute Gasteiger partial charge is 0.325 e. The molecule has 0 N–H and O–H groups in total. The van der Waals surface area contributed by atoms with Crippen LogP contribution in [0.1, 0.15) is 0 Å². The summed E-state index contributed by atoms with van der Waals surface area (Å²) in [6, 6.07) is 0. The number of aromatic nitrogens is 4. The molecule has 0 aliphatic heterocycles. The molecule has 0 amide bonds. The van der Waals surface area contributed by atoms with E-state index in [0.29, 0.717) is 11.0 Å². The minimum atomic E-state index is -0.493. The fourth-order valence-corrected chi connectivity index (χ4v) is 1.38. The van der Waals surface area contributed by atoms with Crippen molar-refractivity contribution < 1.29 is 9.53 Å². The number of esters is 1. The zero-order chi connectivity index (χ0) is 11.7. The molecular weight excluding hydrogens is 212 g/mol. The standard InChI is InChI=1S/C9H10N4O3/c1-12-8-6(3-11-12)9(15)13(5-10-8)4-7(14)16-2/h3,5H,4H2,1-2H3. The second-order valence-electron chi connectivity index (χ2n) is 3.26. The minimum Gasteiger partial charge on any atom is -0.468 e. The SMILES string of the molecule is COC(=O)Cn1cnc2c(cnn2C)c1=O. The Bertz CT molecular complexity index is 598. The van der Waals surface area contributed by atoms with Crippen molar-refractivity contribution in [1.82, 2.24) is 19.3 Å². The number of rotatable bonds is 2. The summed E-state index contributed by atoms with van der Waals surface area (Å²) in [6.45, 7) is -0.146. The molecule has 2 heterocycles. The van der Waals surface area contributed by atoms with E-state index < -0.39 is 5.97 Å².